The SMILES string of the molecule is CC(=O)[O-].CC(=O)[O-].[Ca+2].[Mn+2].[OH-].[OH-]. The van der Waals surface area contributed by atoms with Gasteiger partial charge in [0.2, 0.25) is 0 Å². The van der Waals surface area contributed by atoms with E-state index in [1.165, 1.54) is 0 Å². The Labute approximate surface area is 110 Å². The molecule has 0 spiro atoms. The Morgan fingerprint density at radius 2 is 0.917 bits per heavy atom. The first kappa shape index (κ1) is 38.8. The predicted octanol–water partition coefficient (Wildman–Crippen LogP) is -3.22. The molecule has 12 heavy (non-hydrogen) atoms. The van der Waals surface area contributed by atoms with E-state index >= 15 is 0 Å². The van der Waals surface area contributed by atoms with Gasteiger partial charge in [-0.25, -0.2) is 0 Å². The summed E-state index contributed by atoms with van der Waals surface area (Å²) in [4.78, 5) is 17.8. The first-order valence-corrected chi connectivity index (χ1v) is 1.82. The van der Waals surface area contributed by atoms with Crippen molar-refractivity contribution in [1.82, 2.24) is 0 Å². The van der Waals surface area contributed by atoms with Crippen molar-refractivity contribution in [3.8, 4) is 0 Å². The largest absolute Gasteiger partial charge is 2.00 e. The maximum atomic E-state index is 8.89. The number of hydrogen-bond donors (Lipinski definition) is 0. The van der Waals surface area contributed by atoms with Gasteiger partial charge in [0.05, 0.1) is 0 Å². The quantitative estimate of drug-likeness (QED) is 0.412. The Hall–Kier alpha value is 0.639. The van der Waals surface area contributed by atoms with Crippen molar-refractivity contribution in [3.63, 3.8) is 0 Å². The fourth-order valence-electron chi connectivity index (χ4n) is 0. The number of carboxylic acids is 2. The van der Waals surface area contributed by atoms with Gasteiger partial charge in [0.1, 0.15) is 0 Å². The summed E-state index contributed by atoms with van der Waals surface area (Å²) in [7, 11) is 0. The molecule has 0 rings (SSSR count). The number of carbonyl (C=O) groups excluding carboxylic acids is 2. The van der Waals surface area contributed by atoms with E-state index in [4.69, 9.17) is 19.8 Å². The molecule has 0 saturated carbocycles. The van der Waals surface area contributed by atoms with Crippen LogP contribution in [0.1, 0.15) is 13.8 Å². The number of aliphatic carboxylic acids is 2. The van der Waals surface area contributed by atoms with Crippen molar-refractivity contribution < 1.29 is 47.8 Å². The first-order valence-electron chi connectivity index (χ1n) is 1.82. The van der Waals surface area contributed by atoms with Crippen molar-refractivity contribution in [2.45, 2.75) is 13.8 Å². The zero-order chi connectivity index (χ0) is 7.15. The third-order valence-electron chi connectivity index (χ3n) is 0. The van der Waals surface area contributed by atoms with E-state index in [2.05, 4.69) is 0 Å². The summed E-state index contributed by atoms with van der Waals surface area (Å²) in [6.45, 7) is 1.94. The van der Waals surface area contributed by atoms with Crippen LogP contribution < -0.4 is 10.2 Å². The Morgan fingerprint density at radius 3 is 0.917 bits per heavy atom. The molecular weight excluding hydrogens is 239 g/mol. The topological polar surface area (TPSA) is 140 Å². The van der Waals surface area contributed by atoms with Gasteiger partial charge in [0.25, 0.3) is 0 Å². The zero-order valence-corrected chi connectivity index (χ0v) is 10.0. The summed E-state index contributed by atoms with van der Waals surface area (Å²) in [5.74, 6) is -2.17. The summed E-state index contributed by atoms with van der Waals surface area (Å²) in [6.07, 6.45) is 0. The van der Waals surface area contributed by atoms with Gasteiger partial charge in [-0.1, -0.05) is 0 Å². The summed E-state index contributed by atoms with van der Waals surface area (Å²) in [5.41, 5.74) is 0. The molecule has 0 heterocycles. The molecule has 0 unspecified atom stereocenters. The third-order valence-corrected chi connectivity index (χ3v) is 0. The fraction of sp³-hybridized carbons (Fsp3) is 0.500. The number of carboxylic acid groups (broad SMARTS) is 2. The van der Waals surface area contributed by atoms with Crippen LogP contribution in [0, 0.1) is 0 Å². The standard InChI is InChI=1S/2C2H4O2.Ca.Mn.2H2O/c2*1-2(3)4;;;;/h2*1H3,(H,3,4);;;2*1H2/q;;2*+2;;/p-4. The second-order valence-corrected chi connectivity index (χ2v) is 0.983. The van der Waals surface area contributed by atoms with Crippen LogP contribution in [0.4, 0.5) is 0 Å². The maximum Gasteiger partial charge on any atom is 2.00 e. The molecule has 0 atom stereocenters. The van der Waals surface area contributed by atoms with Gasteiger partial charge < -0.3 is 30.8 Å². The van der Waals surface area contributed by atoms with Gasteiger partial charge >= 0.3 is 54.8 Å². The van der Waals surface area contributed by atoms with Crippen LogP contribution in [0.15, 0.2) is 0 Å². The van der Waals surface area contributed by atoms with E-state index < -0.39 is 11.9 Å². The van der Waals surface area contributed by atoms with Gasteiger partial charge in [-0.05, 0) is 13.8 Å². The van der Waals surface area contributed by atoms with Gasteiger partial charge in [0.15, 0.2) is 0 Å². The molecule has 0 aliphatic heterocycles. The summed E-state index contributed by atoms with van der Waals surface area (Å²) < 4.78 is 0. The normalized spacial score (nSPS) is 4.17. The van der Waals surface area contributed by atoms with Gasteiger partial charge in [-0.3, -0.25) is 0 Å². The molecule has 0 aromatic rings. The van der Waals surface area contributed by atoms with E-state index in [0.29, 0.717) is 0 Å². The summed E-state index contributed by atoms with van der Waals surface area (Å²) in [5, 5.41) is 17.8. The Bertz CT molecular complexity index is 77.5. The maximum absolute atomic E-state index is 8.89. The molecule has 1 radical (unpaired) electrons. The monoisotopic (exact) mass is 247 g/mol. The van der Waals surface area contributed by atoms with Gasteiger partial charge in [-0.15, -0.1) is 0 Å². The van der Waals surface area contributed by atoms with E-state index in [0.717, 1.165) is 13.8 Å². The summed E-state index contributed by atoms with van der Waals surface area (Å²) >= 11 is 0. The number of carbonyl (C=O) groups is 2. The smallest absolute Gasteiger partial charge is 0.870 e. The average molecular weight is 247 g/mol. The predicted molar refractivity (Wildman–Crippen MR) is 31.0 cm³/mol. The Kier molecular flexibility index (Phi) is 96.8. The number of hydrogen-bond acceptors (Lipinski definition) is 6. The van der Waals surface area contributed by atoms with E-state index in [9.17, 15) is 0 Å². The van der Waals surface area contributed by atoms with Crippen molar-refractivity contribution in [2.75, 3.05) is 0 Å². The Balaban J connectivity index is -0.0000000112. The molecule has 0 amide bonds. The first-order chi connectivity index (χ1) is 3.46. The molecule has 0 aromatic carbocycles. The fourth-order valence-corrected chi connectivity index (χ4v) is 0. The Morgan fingerprint density at radius 1 is 0.917 bits per heavy atom. The van der Waals surface area contributed by atoms with Crippen molar-refractivity contribution >= 4 is 49.7 Å². The van der Waals surface area contributed by atoms with E-state index in [1.807, 2.05) is 0 Å². The molecule has 6 nitrogen and oxygen atoms in total. The molecule has 0 saturated heterocycles. The average Bonchev–Trinajstić information content (AvgIpc) is 1.25. The molecular formula is C4H8CaMnO6. The van der Waals surface area contributed by atoms with Crippen LogP contribution in [0.25, 0.3) is 0 Å². The van der Waals surface area contributed by atoms with Crippen LogP contribution in [-0.4, -0.2) is 60.6 Å². The number of rotatable bonds is 0. The molecule has 0 aromatic heterocycles. The van der Waals surface area contributed by atoms with Crippen LogP contribution in [0.2, 0.25) is 0 Å². The summed E-state index contributed by atoms with van der Waals surface area (Å²) in [6, 6.07) is 0. The molecule has 8 heteroatoms. The van der Waals surface area contributed by atoms with Crippen LogP contribution in [0.5, 0.6) is 0 Å². The molecule has 0 fully saturated rings. The minimum absolute atomic E-state index is 0. The van der Waals surface area contributed by atoms with Crippen molar-refractivity contribution in [3.05, 3.63) is 0 Å². The van der Waals surface area contributed by atoms with E-state index in [1.54, 1.807) is 0 Å². The minimum Gasteiger partial charge on any atom is -0.870 e. The van der Waals surface area contributed by atoms with Crippen LogP contribution >= 0.6 is 0 Å². The molecule has 0 bridgehead atoms. The van der Waals surface area contributed by atoms with Crippen LogP contribution in [-0.2, 0) is 26.7 Å². The second-order valence-electron chi connectivity index (χ2n) is 0.983. The van der Waals surface area contributed by atoms with Crippen LogP contribution in [0.3, 0.4) is 0 Å². The minimum atomic E-state index is -1.08. The van der Waals surface area contributed by atoms with Gasteiger partial charge in [0, 0.05) is 11.9 Å². The van der Waals surface area contributed by atoms with Gasteiger partial charge in [-0.2, -0.15) is 0 Å². The van der Waals surface area contributed by atoms with Crippen molar-refractivity contribution in [2.24, 2.45) is 0 Å². The molecule has 69 valence electrons. The zero-order valence-electron chi connectivity index (χ0n) is 6.61. The molecule has 0 aliphatic carbocycles. The van der Waals surface area contributed by atoms with E-state index in [-0.39, 0.29) is 65.8 Å². The molecule has 2 N–H and O–H groups in total. The molecule has 0 aliphatic rings. The second kappa shape index (κ2) is 29.9. The third kappa shape index (κ3) is 2420. The van der Waals surface area contributed by atoms with Crippen molar-refractivity contribution in [1.29, 1.82) is 0 Å².